The van der Waals surface area contributed by atoms with E-state index in [0.717, 1.165) is 57.9 Å². The zero-order valence-electron chi connectivity index (χ0n) is 14.1. The van der Waals surface area contributed by atoms with Crippen LogP contribution in [0.1, 0.15) is 31.4 Å². The molecule has 6 heteroatoms. The normalized spacial score (nSPS) is 19.2. The third-order valence-corrected chi connectivity index (χ3v) is 5.00. The molecule has 1 aromatic heterocycles. The first-order chi connectivity index (χ1) is 11.8. The van der Waals surface area contributed by atoms with Gasteiger partial charge in [-0.15, -0.1) is 0 Å². The summed E-state index contributed by atoms with van der Waals surface area (Å²) in [6, 6.07) is 7.65. The minimum atomic E-state index is 0.239. The topological polar surface area (TPSA) is 72.3 Å². The number of carbonyl (C=O) groups is 1. The van der Waals surface area contributed by atoms with Gasteiger partial charge in [0.15, 0.2) is 0 Å². The van der Waals surface area contributed by atoms with Crippen molar-refractivity contribution in [3.05, 3.63) is 23.9 Å². The number of amides is 1. The van der Waals surface area contributed by atoms with Crippen molar-refractivity contribution in [1.82, 2.24) is 15.2 Å². The van der Waals surface area contributed by atoms with Gasteiger partial charge in [-0.05, 0) is 25.0 Å². The van der Waals surface area contributed by atoms with Crippen LogP contribution in [-0.2, 0) is 4.79 Å². The minimum Gasteiger partial charge on any atom is -0.355 e. The van der Waals surface area contributed by atoms with Crippen molar-refractivity contribution in [2.24, 2.45) is 5.92 Å². The summed E-state index contributed by atoms with van der Waals surface area (Å²) >= 11 is 0. The third kappa shape index (κ3) is 4.24. The van der Waals surface area contributed by atoms with E-state index in [2.05, 4.69) is 26.2 Å². The number of nitrogens with one attached hydrogen (secondary N) is 1. The molecule has 0 atom stereocenters. The van der Waals surface area contributed by atoms with E-state index in [1.165, 1.54) is 12.8 Å². The molecule has 1 aromatic rings. The quantitative estimate of drug-likeness (QED) is 0.884. The van der Waals surface area contributed by atoms with Gasteiger partial charge >= 0.3 is 0 Å². The van der Waals surface area contributed by atoms with E-state index in [0.29, 0.717) is 5.69 Å². The van der Waals surface area contributed by atoms with Crippen LogP contribution in [0.5, 0.6) is 0 Å². The molecule has 6 nitrogen and oxygen atoms in total. The molecule has 24 heavy (non-hydrogen) atoms. The smallest absolute Gasteiger partial charge is 0.223 e. The van der Waals surface area contributed by atoms with Gasteiger partial charge in [-0.2, -0.15) is 5.26 Å². The van der Waals surface area contributed by atoms with E-state index in [4.69, 9.17) is 5.26 Å². The van der Waals surface area contributed by atoms with Crippen LogP contribution < -0.4 is 10.2 Å². The maximum Gasteiger partial charge on any atom is 0.223 e. The lowest BCUT2D eigenvalue weighted by Gasteiger charge is -2.35. The monoisotopic (exact) mass is 327 g/mol. The van der Waals surface area contributed by atoms with Gasteiger partial charge in [0.2, 0.25) is 5.91 Å². The van der Waals surface area contributed by atoms with E-state index < -0.39 is 0 Å². The highest BCUT2D eigenvalue weighted by Crippen LogP contribution is 2.24. The number of piperazine rings is 1. The first-order valence-electron chi connectivity index (χ1n) is 8.88. The number of carbonyl (C=O) groups excluding carboxylic acids is 1. The molecule has 2 aliphatic rings. The Hall–Kier alpha value is -2.13. The van der Waals surface area contributed by atoms with Crippen molar-refractivity contribution < 1.29 is 4.79 Å². The van der Waals surface area contributed by atoms with E-state index in [9.17, 15) is 4.79 Å². The van der Waals surface area contributed by atoms with Crippen molar-refractivity contribution in [3.8, 4) is 6.07 Å². The maximum atomic E-state index is 12.0. The molecular formula is C18H25N5O. The first-order valence-corrected chi connectivity index (χ1v) is 8.88. The molecule has 1 aliphatic carbocycles. The first kappa shape index (κ1) is 16.7. The number of hydrogen-bond donors (Lipinski definition) is 1. The van der Waals surface area contributed by atoms with Gasteiger partial charge in [-0.3, -0.25) is 9.69 Å². The molecule has 0 bridgehead atoms. The largest absolute Gasteiger partial charge is 0.355 e. The molecule has 1 saturated carbocycles. The number of aromatic nitrogens is 1. The Morgan fingerprint density at radius 2 is 2.00 bits per heavy atom. The molecule has 0 radical (unpaired) electrons. The summed E-state index contributed by atoms with van der Waals surface area (Å²) in [4.78, 5) is 21.0. The standard InChI is InChI=1S/C18H25N5O/c19-14-16-6-3-7-17(21-16)23-12-10-22(11-13-23)9-8-20-18(24)15-4-1-2-5-15/h3,6-7,15H,1-2,4-5,8-13H2,(H,20,24). The molecular weight excluding hydrogens is 302 g/mol. The number of nitrogens with zero attached hydrogens (tertiary/aromatic N) is 4. The van der Waals surface area contributed by atoms with Gasteiger partial charge in [0.05, 0.1) is 0 Å². The molecule has 2 heterocycles. The fourth-order valence-electron chi connectivity index (χ4n) is 3.53. The molecule has 1 aliphatic heterocycles. The summed E-state index contributed by atoms with van der Waals surface area (Å²) in [7, 11) is 0. The Morgan fingerprint density at radius 1 is 1.25 bits per heavy atom. The van der Waals surface area contributed by atoms with Crippen LogP contribution in [-0.4, -0.2) is 55.1 Å². The van der Waals surface area contributed by atoms with E-state index in [1.807, 2.05) is 12.1 Å². The molecule has 0 spiro atoms. The van der Waals surface area contributed by atoms with Gasteiger partial charge in [0.1, 0.15) is 17.6 Å². The lowest BCUT2D eigenvalue weighted by atomic mass is 10.1. The van der Waals surface area contributed by atoms with E-state index in [-0.39, 0.29) is 11.8 Å². The SMILES string of the molecule is N#Cc1cccc(N2CCN(CCNC(=O)C3CCCC3)CC2)n1. The number of pyridine rings is 1. The Labute approximate surface area is 143 Å². The summed E-state index contributed by atoms with van der Waals surface area (Å²) in [6.07, 6.45) is 4.50. The number of hydrogen-bond acceptors (Lipinski definition) is 5. The Morgan fingerprint density at radius 3 is 2.71 bits per heavy atom. The zero-order chi connectivity index (χ0) is 16.8. The van der Waals surface area contributed by atoms with E-state index in [1.54, 1.807) is 6.07 Å². The average molecular weight is 327 g/mol. The summed E-state index contributed by atoms with van der Waals surface area (Å²) in [5.74, 6) is 1.37. The van der Waals surface area contributed by atoms with Crippen LogP contribution in [0.4, 0.5) is 5.82 Å². The van der Waals surface area contributed by atoms with Gasteiger partial charge in [-0.25, -0.2) is 4.98 Å². The zero-order valence-corrected chi connectivity index (χ0v) is 14.1. The molecule has 0 aromatic carbocycles. The Balaban J connectivity index is 1.39. The summed E-state index contributed by atoms with van der Waals surface area (Å²) < 4.78 is 0. The van der Waals surface area contributed by atoms with Gasteiger partial charge in [-0.1, -0.05) is 18.9 Å². The van der Waals surface area contributed by atoms with Gasteiger partial charge < -0.3 is 10.2 Å². The predicted molar refractivity (Wildman–Crippen MR) is 92.6 cm³/mol. The average Bonchev–Trinajstić information content (AvgIpc) is 3.17. The third-order valence-electron chi connectivity index (χ3n) is 5.00. The van der Waals surface area contributed by atoms with Gasteiger partial charge in [0.25, 0.3) is 0 Å². The number of anilines is 1. The van der Waals surface area contributed by atoms with Crippen LogP contribution in [0, 0.1) is 17.2 Å². The predicted octanol–water partition coefficient (Wildman–Crippen LogP) is 1.38. The van der Waals surface area contributed by atoms with Crippen LogP contribution in [0.3, 0.4) is 0 Å². The van der Waals surface area contributed by atoms with Crippen LogP contribution in [0.15, 0.2) is 18.2 Å². The summed E-state index contributed by atoms with van der Waals surface area (Å²) in [6.45, 7) is 5.35. The van der Waals surface area contributed by atoms with Crippen molar-refractivity contribution >= 4 is 11.7 Å². The van der Waals surface area contributed by atoms with Crippen molar-refractivity contribution in [3.63, 3.8) is 0 Å². The molecule has 1 N–H and O–H groups in total. The second kappa shape index (κ2) is 8.11. The van der Waals surface area contributed by atoms with Crippen LogP contribution in [0.2, 0.25) is 0 Å². The molecule has 1 amide bonds. The number of nitriles is 1. The highest BCUT2D eigenvalue weighted by molar-refractivity contribution is 5.78. The van der Waals surface area contributed by atoms with Crippen molar-refractivity contribution in [1.29, 1.82) is 5.26 Å². The fraction of sp³-hybridized carbons (Fsp3) is 0.611. The maximum absolute atomic E-state index is 12.0. The highest BCUT2D eigenvalue weighted by atomic mass is 16.1. The van der Waals surface area contributed by atoms with Crippen molar-refractivity contribution in [2.45, 2.75) is 25.7 Å². The molecule has 3 rings (SSSR count). The molecule has 2 fully saturated rings. The second-order valence-corrected chi connectivity index (χ2v) is 6.59. The van der Waals surface area contributed by atoms with Crippen LogP contribution in [0.25, 0.3) is 0 Å². The van der Waals surface area contributed by atoms with Crippen LogP contribution >= 0.6 is 0 Å². The molecule has 0 unspecified atom stereocenters. The van der Waals surface area contributed by atoms with E-state index >= 15 is 0 Å². The summed E-state index contributed by atoms with van der Waals surface area (Å²) in [5.41, 5.74) is 0.463. The Kier molecular flexibility index (Phi) is 5.65. The minimum absolute atomic E-state index is 0.239. The van der Waals surface area contributed by atoms with Gasteiger partial charge in [0, 0.05) is 45.2 Å². The van der Waals surface area contributed by atoms with Crippen molar-refractivity contribution in [2.75, 3.05) is 44.2 Å². The fourth-order valence-corrected chi connectivity index (χ4v) is 3.53. The Bertz CT molecular complexity index is 598. The molecule has 128 valence electrons. The highest BCUT2D eigenvalue weighted by Gasteiger charge is 2.23. The summed E-state index contributed by atoms with van der Waals surface area (Å²) in [5, 5.41) is 12.0. The molecule has 1 saturated heterocycles. The second-order valence-electron chi connectivity index (χ2n) is 6.59. The lowest BCUT2D eigenvalue weighted by Crippen LogP contribution is -2.49. The lowest BCUT2D eigenvalue weighted by molar-refractivity contribution is -0.124. The number of rotatable bonds is 5.